The van der Waals surface area contributed by atoms with Crippen LogP contribution in [0.3, 0.4) is 0 Å². The van der Waals surface area contributed by atoms with E-state index in [0.717, 1.165) is 68.2 Å². The third kappa shape index (κ3) is 8.06. The minimum absolute atomic E-state index is 0.0669. The topological polar surface area (TPSA) is 84.1 Å². The molecule has 0 bridgehead atoms. The Bertz CT molecular complexity index is 1100. The van der Waals surface area contributed by atoms with E-state index in [9.17, 15) is 9.90 Å². The van der Waals surface area contributed by atoms with E-state index in [4.69, 9.17) is 4.74 Å². The van der Waals surface area contributed by atoms with Crippen LogP contribution in [0.15, 0.2) is 52.6 Å². The van der Waals surface area contributed by atoms with Gasteiger partial charge in [0.25, 0.3) is 0 Å². The molecule has 0 saturated heterocycles. The molecular formula is C31H41N3O3. The lowest BCUT2D eigenvalue weighted by molar-refractivity contribution is 0.0775. The molecule has 1 fully saturated rings. The molecule has 2 aromatic rings. The molecule has 1 aromatic carbocycles. The lowest BCUT2D eigenvalue weighted by Gasteiger charge is -2.23. The summed E-state index contributed by atoms with van der Waals surface area (Å²) in [4.78, 5) is 26.7. The maximum absolute atomic E-state index is 13.4. The van der Waals surface area contributed by atoms with Crippen molar-refractivity contribution in [3.63, 3.8) is 0 Å². The lowest BCUT2D eigenvalue weighted by atomic mass is 9.88. The number of aromatic nitrogens is 1. The molecule has 198 valence electrons. The summed E-state index contributed by atoms with van der Waals surface area (Å²) in [5.41, 5.74) is 1.78. The zero-order valence-corrected chi connectivity index (χ0v) is 22.5. The van der Waals surface area contributed by atoms with Crippen LogP contribution in [0.4, 0.5) is 0 Å². The van der Waals surface area contributed by atoms with Crippen molar-refractivity contribution in [1.82, 2.24) is 4.98 Å². The average Bonchev–Trinajstić information content (AvgIpc) is 3.23. The van der Waals surface area contributed by atoms with Crippen molar-refractivity contribution in [2.24, 2.45) is 21.8 Å². The van der Waals surface area contributed by atoms with Crippen molar-refractivity contribution >= 4 is 18.2 Å². The Morgan fingerprint density at radius 1 is 1.11 bits per heavy atom. The van der Waals surface area contributed by atoms with Gasteiger partial charge in [-0.25, -0.2) is 4.98 Å². The van der Waals surface area contributed by atoms with Gasteiger partial charge in [-0.15, -0.1) is 0 Å². The number of carbonyl (C=O) groups is 1. The van der Waals surface area contributed by atoms with Crippen LogP contribution in [0.1, 0.15) is 87.2 Å². The molecule has 2 aliphatic rings. The van der Waals surface area contributed by atoms with Gasteiger partial charge in [0, 0.05) is 43.2 Å². The van der Waals surface area contributed by atoms with E-state index in [2.05, 4.69) is 28.0 Å². The van der Waals surface area contributed by atoms with Crippen molar-refractivity contribution in [1.29, 1.82) is 0 Å². The molecular weight excluding hydrogens is 462 g/mol. The minimum atomic E-state index is -0.936. The number of rotatable bonds is 9. The highest BCUT2D eigenvalue weighted by molar-refractivity contribution is 6.16. The molecule has 4 rings (SSSR count). The van der Waals surface area contributed by atoms with Crippen LogP contribution in [0.2, 0.25) is 0 Å². The molecule has 0 radical (unpaired) electrons. The molecule has 4 unspecified atom stereocenters. The van der Waals surface area contributed by atoms with E-state index >= 15 is 0 Å². The Balaban J connectivity index is 1.37. The van der Waals surface area contributed by atoms with E-state index in [1.54, 1.807) is 32.5 Å². The molecule has 1 aliphatic heterocycles. The number of hydrogen-bond acceptors (Lipinski definition) is 6. The van der Waals surface area contributed by atoms with Gasteiger partial charge in [-0.05, 0) is 87.8 Å². The second-order valence-corrected chi connectivity index (χ2v) is 11.3. The first kappa shape index (κ1) is 27.2. The first-order valence-corrected chi connectivity index (χ1v) is 13.8. The molecule has 1 aliphatic carbocycles. The second kappa shape index (κ2) is 12.6. The highest BCUT2D eigenvalue weighted by atomic mass is 16.5. The van der Waals surface area contributed by atoms with E-state index in [-0.39, 0.29) is 17.9 Å². The van der Waals surface area contributed by atoms with Gasteiger partial charge in [0.1, 0.15) is 6.10 Å². The van der Waals surface area contributed by atoms with E-state index in [1.807, 2.05) is 30.3 Å². The number of benzene rings is 1. The Kier molecular flexibility index (Phi) is 9.25. The monoisotopic (exact) mass is 503 g/mol. The summed E-state index contributed by atoms with van der Waals surface area (Å²) in [5, 5.41) is 10.4. The Morgan fingerprint density at radius 3 is 2.78 bits per heavy atom. The molecule has 6 nitrogen and oxygen atoms in total. The molecule has 6 heteroatoms. The van der Waals surface area contributed by atoms with Crippen LogP contribution in [0.5, 0.6) is 5.88 Å². The lowest BCUT2D eigenvalue weighted by Crippen LogP contribution is -2.21. The summed E-state index contributed by atoms with van der Waals surface area (Å²) in [6.45, 7) is 6.61. The first-order chi connectivity index (χ1) is 17.8. The third-order valence-corrected chi connectivity index (χ3v) is 7.66. The number of pyridine rings is 1. The molecule has 1 aromatic heterocycles. The largest absolute Gasteiger partial charge is 0.474 e. The maximum Gasteiger partial charge on any atom is 0.213 e. The second-order valence-electron chi connectivity index (χ2n) is 11.3. The third-order valence-electron chi connectivity index (χ3n) is 7.66. The fraction of sp³-hybridized carbons (Fsp3) is 0.548. The van der Waals surface area contributed by atoms with Crippen molar-refractivity contribution in [3.05, 3.63) is 59.3 Å². The highest BCUT2D eigenvalue weighted by Gasteiger charge is 2.27. The van der Waals surface area contributed by atoms with Gasteiger partial charge < -0.3 is 9.84 Å². The number of hydrogen-bond donors (Lipinski definition) is 1. The summed E-state index contributed by atoms with van der Waals surface area (Å²) in [7, 11) is 0. The fourth-order valence-corrected chi connectivity index (χ4v) is 5.54. The summed E-state index contributed by atoms with van der Waals surface area (Å²) >= 11 is 0. The number of ether oxygens (including phenoxy) is 1. The zero-order valence-electron chi connectivity index (χ0n) is 22.5. The van der Waals surface area contributed by atoms with Gasteiger partial charge in [-0.1, -0.05) is 31.2 Å². The summed E-state index contributed by atoms with van der Waals surface area (Å²) in [6, 6.07) is 11.8. The normalized spacial score (nSPS) is 24.3. The number of ketones is 1. The Labute approximate surface area is 221 Å². The molecule has 1 N–H and O–H groups in total. The van der Waals surface area contributed by atoms with Crippen LogP contribution in [0, 0.1) is 11.8 Å². The fourth-order valence-electron chi connectivity index (χ4n) is 5.54. The Hall–Kier alpha value is -2.86. The maximum atomic E-state index is 13.4. The molecule has 2 heterocycles. The average molecular weight is 504 g/mol. The number of aliphatic hydroxyl groups is 1. The van der Waals surface area contributed by atoms with Gasteiger partial charge in [-0.2, -0.15) is 0 Å². The highest BCUT2D eigenvalue weighted by Crippen LogP contribution is 2.33. The smallest absolute Gasteiger partial charge is 0.213 e. The first-order valence-electron chi connectivity index (χ1n) is 13.8. The van der Waals surface area contributed by atoms with Gasteiger partial charge in [0.2, 0.25) is 5.88 Å². The van der Waals surface area contributed by atoms with Crippen LogP contribution in [-0.2, 0) is 12.0 Å². The van der Waals surface area contributed by atoms with E-state index in [0.29, 0.717) is 24.1 Å². The summed E-state index contributed by atoms with van der Waals surface area (Å²) in [6.07, 6.45) is 12.5. The standard InChI is InChI=1S/C31H41N3O3/c1-22-8-10-27(37-30-21-25(12-15-34-30)31(2,3)36)19-23(18-22)9-11-29(35)28-7-5-4-6-24(28)20-26-13-14-32-16-17-33-26/h4-7,12,15-17,21-23,26-27,36H,8-11,13-14,18-20H2,1-3H3. The van der Waals surface area contributed by atoms with Crippen LogP contribution in [0.25, 0.3) is 0 Å². The predicted octanol–water partition coefficient (Wildman–Crippen LogP) is 6.00. The molecule has 37 heavy (non-hydrogen) atoms. The van der Waals surface area contributed by atoms with Gasteiger partial charge >= 0.3 is 0 Å². The van der Waals surface area contributed by atoms with Gasteiger partial charge in [-0.3, -0.25) is 14.8 Å². The number of Topliss-reactive ketones (excluding diaryl/α,β-unsaturated/α-hetero) is 1. The summed E-state index contributed by atoms with van der Waals surface area (Å²) < 4.78 is 6.32. The van der Waals surface area contributed by atoms with E-state index < -0.39 is 5.60 Å². The number of nitrogens with zero attached hydrogens (tertiary/aromatic N) is 3. The van der Waals surface area contributed by atoms with Crippen molar-refractivity contribution in [3.8, 4) is 5.88 Å². The van der Waals surface area contributed by atoms with Crippen LogP contribution >= 0.6 is 0 Å². The van der Waals surface area contributed by atoms with Crippen molar-refractivity contribution in [2.45, 2.75) is 89.9 Å². The quantitative estimate of drug-likeness (QED) is 0.336. The molecule has 0 spiro atoms. The zero-order chi connectivity index (χ0) is 26.3. The molecule has 1 saturated carbocycles. The SMILES string of the molecule is CC1CCC(Oc2cc(C(C)(C)O)ccn2)CC(CCC(=O)c2ccccc2CC2CCN=CC=N2)C1. The predicted molar refractivity (Wildman–Crippen MR) is 149 cm³/mol. The molecule has 4 atom stereocenters. The van der Waals surface area contributed by atoms with Gasteiger partial charge in [0.05, 0.1) is 11.6 Å². The van der Waals surface area contributed by atoms with Crippen LogP contribution in [-0.4, -0.2) is 47.0 Å². The Morgan fingerprint density at radius 2 is 1.95 bits per heavy atom. The number of carbonyl (C=O) groups excluding carboxylic acids is 1. The van der Waals surface area contributed by atoms with E-state index in [1.165, 1.54) is 0 Å². The number of aliphatic imine (C=N–C) groups is 2. The van der Waals surface area contributed by atoms with Gasteiger partial charge in [0.15, 0.2) is 5.78 Å². The van der Waals surface area contributed by atoms with Crippen molar-refractivity contribution < 1.29 is 14.6 Å². The summed E-state index contributed by atoms with van der Waals surface area (Å²) in [5.74, 6) is 1.82. The van der Waals surface area contributed by atoms with Crippen molar-refractivity contribution in [2.75, 3.05) is 6.54 Å². The molecule has 0 amide bonds. The minimum Gasteiger partial charge on any atom is -0.474 e. The van der Waals surface area contributed by atoms with Crippen LogP contribution < -0.4 is 4.74 Å².